The van der Waals surface area contributed by atoms with Gasteiger partial charge in [-0.1, -0.05) is 0 Å². The molecule has 0 aliphatic heterocycles. The van der Waals surface area contributed by atoms with Crippen molar-refractivity contribution in [1.29, 1.82) is 0 Å². The average Bonchev–Trinajstić information content (AvgIpc) is 2.23. The number of benzene rings is 1. The molecule has 0 saturated heterocycles. The Labute approximate surface area is 95.5 Å². The van der Waals surface area contributed by atoms with Gasteiger partial charge in [-0.05, 0) is 23.7 Å². The van der Waals surface area contributed by atoms with Gasteiger partial charge in [-0.2, -0.15) is 0 Å². The first-order valence-corrected chi connectivity index (χ1v) is 5.01. The molecule has 0 radical (unpaired) electrons. The van der Waals surface area contributed by atoms with Crippen LogP contribution in [0.1, 0.15) is 0 Å². The molecule has 0 atom stereocenters. The standard InChI is InChI=1S/C10H9ClN2O3/c11-10-12-8-5-6(15)1-2-7(8)9(16)13(10)3-4-14/h1-2,5,14-15H,3-4H2. The number of nitrogens with zero attached hydrogens (tertiary/aromatic N) is 2. The molecule has 1 heterocycles. The highest BCUT2D eigenvalue weighted by atomic mass is 35.5. The molecule has 2 N–H and O–H groups in total. The third-order valence-corrected chi connectivity index (χ3v) is 2.50. The highest BCUT2D eigenvalue weighted by Crippen LogP contribution is 2.17. The van der Waals surface area contributed by atoms with Crippen LogP contribution in [0.25, 0.3) is 10.9 Å². The van der Waals surface area contributed by atoms with Crippen LogP contribution in [0.15, 0.2) is 23.0 Å². The fourth-order valence-electron chi connectivity index (χ4n) is 1.48. The van der Waals surface area contributed by atoms with Crippen molar-refractivity contribution in [2.24, 2.45) is 0 Å². The molecule has 1 aromatic carbocycles. The molecule has 0 aliphatic rings. The highest BCUT2D eigenvalue weighted by molar-refractivity contribution is 6.28. The topological polar surface area (TPSA) is 75.3 Å². The number of aliphatic hydroxyl groups is 1. The molecule has 0 amide bonds. The first kappa shape index (κ1) is 10.9. The Balaban J connectivity index is 2.78. The van der Waals surface area contributed by atoms with Crippen LogP contribution in [0.5, 0.6) is 5.75 Å². The molecule has 16 heavy (non-hydrogen) atoms. The van der Waals surface area contributed by atoms with Crippen molar-refractivity contribution in [3.63, 3.8) is 0 Å². The van der Waals surface area contributed by atoms with Gasteiger partial charge >= 0.3 is 0 Å². The van der Waals surface area contributed by atoms with E-state index in [1.807, 2.05) is 0 Å². The van der Waals surface area contributed by atoms with Crippen LogP contribution in [-0.4, -0.2) is 26.4 Å². The van der Waals surface area contributed by atoms with E-state index in [-0.39, 0.29) is 29.7 Å². The fraction of sp³-hybridized carbons (Fsp3) is 0.200. The number of hydrogen-bond acceptors (Lipinski definition) is 4. The molecule has 0 aliphatic carbocycles. The molecular weight excluding hydrogens is 232 g/mol. The van der Waals surface area contributed by atoms with Crippen LogP contribution < -0.4 is 5.56 Å². The maximum atomic E-state index is 11.9. The normalized spacial score (nSPS) is 10.9. The van der Waals surface area contributed by atoms with Gasteiger partial charge in [0.1, 0.15) is 5.75 Å². The zero-order valence-electron chi connectivity index (χ0n) is 8.22. The summed E-state index contributed by atoms with van der Waals surface area (Å²) in [4.78, 5) is 15.9. The van der Waals surface area contributed by atoms with Crippen LogP contribution >= 0.6 is 11.6 Å². The number of aliphatic hydroxyl groups excluding tert-OH is 1. The number of rotatable bonds is 2. The van der Waals surface area contributed by atoms with Crippen LogP contribution in [0.2, 0.25) is 5.28 Å². The number of halogens is 1. The molecule has 5 nitrogen and oxygen atoms in total. The summed E-state index contributed by atoms with van der Waals surface area (Å²) in [5.41, 5.74) is 0.00763. The largest absolute Gasteiger partial charge is 0.508 e. The zero-order chi connectivity index (χ0) is 11.7. The molecule has 0 unspecified atom stereocenters. The molecule has 2 rings (SSSR count). The first-order valence-electron chi connectivity index (χ1n) is 4.63. The monoisotopic (exact) mass is 240 g/mol. The Hall–Kier alpha value is -1.59. The molecule has 0 saturated carbocycles. The van der Waals surface area contributed by atoms with Gasteiger partial charge in [0, 0.05) is 6.07 Å². The number of aromatic nitrogens is 2. The minimum atomic E-state index is -0.330. The molecule has 0 bridgehead atoms. The van der Waals surface area contributed by atoms with Crippen molar-refractivity contribution < 1.29 is 10.2 Å². The zero-order valence-corrected chi connectivity index (χ0v) is 8.98. The number of aromatic hydroxyl groups is 1. The summed E-state index contributed by atoms with van der Waals surface area (Å²) in [6.07, 6.45) is 0. The lowest BCUT2D eigenvalue weighted by atomic mass is 10.2. The van der Waals surface area contributed by atoms with Crippen molar-refractivity contribution in [2.45, 2.75) is 6.54 Å². The van der Waals surface area contributed by atoms with Crippen molar-refractivity contribution in [3.8, 4) is 5.75 Å². The summed E-state index contributed by atoms with van der Waals surface area (Å²) in [6.45, 7) is -0.0909. The van der Waals surface area contributed by atoms with Crippen molar-refractivity contribution in [2.75, 3.05) is 6.61 Å². The molecule has 2 aromatic rings. The minimum Gasteiger partial charge on any atom is -0.508 e. The van der Waals surface area contributed by atoms with Crippen LogP contribution in [0.4, 0.5) is 0 Å². The second-order valence-corrected chi connectivity index (χ2v) is 3.60. The van der Waals surface area contributed by atoms with Gasteiger partial charge in [0.25, 0.3) is 5.56 Å². The van der Waals surface area contributed by atoms with Crippen LogP contribution in [0, 0.1) is 0 Å². The lowest BCUT2D eigenvalue weighted by Gasteiger charge is -2.07. The lowest BCUT2D eigenvalue weighted by molar-refractivity contribution is 0.274. The van der Waals surface area contributed by atoms with E-state index < -0.39 is 0 Å². The number of hydrogen-bond donors (Lipinski definition) is 2. The van der Waals surface area contributed by atoms with E-state index in [2.05, 4.69) is 4.98 Å². The summed E-state index contributed by atoms with van der Waals surface area (Å²) in [6, 6.07) is 4.25. The third kappa shape index (κ3) is 1.75. The molecular formula is C10H9ClN2O3. The Morgan fingerprint density at radius 2 is 2.19 bits per heavy atom. The van der Waals surface area contributed by atoms with E-state index in [1.165, 1.54) is 22.8 Å². The molecule has 1 aromatic heterocycles. The number of phenols is 1. The van der Waals surface area contributed by atoms with E-state index >= 15 is 0 Å². The quantitative estimate of drug-likeness (QED) is 0.760. The van der Waals surface area contributed by atoms with E-state index in [9.17, 15) is 9.90 Å². The van der Waals surface area contributed by atoms with Crippen molar-refractivity contribution in [3.05, 3.63) is 33.8 Å². The summed E-state index contributed by atoms with van der Waals surface area (Å²) >= 11 is 5.80. The van der Waals surface area contributed by atoms with E-state index in [1.54, 1.807) is 0 Å². The predicted octanol–water partition coefficient (Wildman–Crippen LogP) is 0.748. The van der Waals surface area contributed by atoms with E-state index in [0.29, 0.717) is 10.9 Å². The summed E-state index contributed by atoms with van der Waals surface area (Å²) in [5, 5.41) is 18.4. The van der Waals surface area contributed by atoms with Gasteiger partial charge in [0.2, 0.25) is 5.28 Å². The van der Waals surface area contributed by atoms with Crippen LogP contribution in [-0.2, 0) is 6.54 Å². The van der Waals surface area contributed by atoms with Gasteiger partial charge < -0.3 is 10.2 Å². The van der Waals surface area contributed by atoms with Gasteiger partial charge in [0.05, 0.1) is 24.1 Å². The van der Waals surface area contributed by atoms with Crippen molar-refractivity contribution in [1.82, 2.24) is 9.55 Å². The Morgan fingerprint density at radius 1 is 1.44 bits per heavy atom. The molecule has 0 spiro atoms. The number of fused-ring (bicyclic) bond motifs is 1. The SMILES string of the molecule is O=c1c2ccc(O)cc2nc(Cl)n1CCO. The second-order valence-electron chi connectivity index (χ2n) is 3.26. The molecule has 84 valence electrons. The Bertz CT molecular complexity index is 594. The summed E-state index contributed by atoms with van der Waals surface area (Å²) < 4.78 is 1.18. The molecule has 0 fully saturated rings. The lowest BCUT2D eigenvalue weighted by Crippen LogP contribution is -2.23. The Morgan fingerprint density at radius 3 is 2.88 bits per heavy atom. The van der Waals surface area contributed by atoms with Gasteiger partial charge in [-0.3, -0.25) is 9.36 Å². The highest BCUT2D eigenvalue weighted by Gasteiger charge is 2.09. The third-order valence-electron chi connectivity index (χ3n) is 2.22. The second kappa shape index (κ2) is 4.11. The maximum Gasteiger partial charge on any atom is 0.262 e. The summed E-state index contributed by atoms with van der Waals surface area (Å²) in [5.74, 6) is 0.0235. The maximum absolute atomic E-state index is 11.9. The van der Waals surface area contributed by atoms with Gasteiger partial charge in [-0.25, -0.2) is 4.98 Å². The van der Waals surface area contributed by atoms with Gasteiger partial charge in [0.15, 0.2) is 0 Å². The number of phenolic OH excluding ortho intramolecular Hbond substituents is 1. The smallest absolute Gasteiger partial charge is 0.262 e. The minimum absolute atomic E-state index is 0.00264. The predicted molar refractivity (Wildman–Crippen MR) is 59.8 cm³/mol. The van der Waals surface area contributed by atoms with E-state index in [4.69, 9.17) is 16.7 Å². The van der Waals surface area contributed by atoms with Gasteiger partial charge in [-0.15, -0.1) is 0 Å². The van der Waals surface area contributed by atoms with E-state index in [0.717, 1.165) is 0 Å². The Kier molecular flexibility index (Phi) is 2.80. The molecule has 6 heteroatoms. The first-order chi connectivity index (χ1) is 7.63. The van der Waals surface area contributed by atoms with Crippen molar-refractivity contribution >= 4 is 22.5 Å². The van der Waals surface area contributed by atoms with Crippen LogP contribution in [0.3, 0.4) is 0 Å². The summed E-state index contributed by atoms with van der Waals surface area (Å²) in [7, 11) is 0. The fourth-order valence-corrected chi connectivity index (χ4v) is 1.73. The average molecular weight is 241 g/mol.